The SMILES string of the molecule is CC(C)=CCOc1cccc(Cl)c1CNC(C)C. The summed E-state index contributed by atoms with van der Waals surface area (Å²) in [6, 6.07) is 6.19. The van der Waals surface area contributed by atoms with Gasteiger partial charge in [-0.25, -0.2) is 0 Å². The quantitative estimate of drug-likeness (QED) is 0.781. The van der Waals surface area contributed by atoms with Gasteiger partial charge in [0.25, 0.3) is 0 Å². The molecule has 0 aromatic heterocycles. The normalized spacial score (nSPS) is 10.6. The molecule has 3 heteroatoms. The van der Waals surface area contributed by atoms with Gasteiger partial charge in [0.15, 0.2) is 0 Å². The largest absolute Gasteiger partial charge is 0.489 e. The van der Waals surface area contributed by atoms with Gasteiger partial charge >= 0.3 is 0 Å². The van der Waals surface area contributed by atoms with Crippen molar-refractivity contribution in [3.8, 4) is 5.75 Å². The average Bonchev–Trinajstić information content (AvgIpc) is 2.27. The van der Waals surface area contributed by atoms with Crippen molar-refractivity contribution in [1.82, 2.24) is 5.32 Å². The molecule has 0 heterocycles. The van der Waals surface area contributed by atoms with Crippen LogP contribution in [0, 0.1) is 0 Å². The van der Waals surface area contributed by atoms with E-state index >= 15 is 0 Å². The van der Waals surface area contributed by atoms with E-state index in [2.05, 4.69) is 39.1 Å². The summed E-state index contributed by atoms with van der Waals surface area (Å²) in [5.41, 5.74) is 2.27. The highest BCUT2D eigenvalue weighted by atomic mass is 35.5. The molecule has 0 aliphatic rings. The Hall–Kier alpha value is -0.990. The van der Waals surface area contributed by atoms with Gasteiger partial charge in [-0.3, -0.25) is 0 Å². The van der Waals surface area contributed by atoms with Gasteiger partial charge in [-0.2, -0.15) is 0 Å². The minimum Gasteiger partial charge on any atom is -0.489 e. The number of rotatable bonds is 6. The average molecular weight is 268 g/mol. The molecule has 0 amide bonds. The van der Waals surface area contributed by atoms with Crippen molar-refractivity contribution in [2.45, 2.75) is 40.3 Å². The Morgan fingerprint density at radius 1 is 1.39 bits per heavy atom. The molecule has 100 valence electrons. The number of allylic oxidation sites excluding steroid dienone is 1. The van der Waals surface area contributed by atoms with Gasteiger partial charge in [-0.1, -0.05) is 37.1 Å². The molecule has 2 nitrogen and oxygen atoms in total. The molecule has 0 saturated heterocycles. The predicted octanol–water partition coefficient (Wildman–Crippen LogP) is 4.18. The third kappa shape index (κ3) is 5.11. The molecule has 1 N–H and O–H groups in total. The third-order valence-electron chi connectivity index (χ3n) is 2.49. The van der Waals surface area contributed by atoms with Gasteiger partial charge in [0, 0.05) is 23.2 Å². The van der Waals surface area contributed by atoms with Crippen molar-refractivity contribution in [2.75, 3.05) is 6.61 Å². The van der Waals surface area contributed by atoms with Crippen LogP contribution in [-0.2, 0) is 6.54 Å². The van der Waals surface area contributed by atoms with E-state index in [-0.39, 0.29) is 0 Å². The number of hydrogen-bond acceptors (Lipinski definition) is 2. The van der Waals surface area contributed by atoms with E-state index in [1.54, 1.807) is 0 Å². The van der Waals surface area contributed by atoms with Crippen LogP contribution in [0.4, 0.5) is 0 Å². The summed E-state index contributed by atoms with van der Waals surface area (Å²) in [6.45, 7) is 9.64. The lowest BCUT2D eigenvalue weighted by Crippen LogP contribution is -2.22. The van der Waals surface area contributed by atoms with Gasteiger partial charge < -0.3 is 10.1 Å². The fourth-order valence-electron chi connectivity index (χ4n) is 1.45. The summed E-state index contributed by atoms with van der Waals surface area (Å²) >= 11 is 6.22. The minimum absolute atomic E-state index is 0.423. The second-order valence-corrected chi connectivity index (χ2v) is 5.25. The topological polar surface area (TPSA) is 21.3 Å². The van der Waals surface area contributed by atoms with Crippen LogP contribution in [0.2, 0.25) is 5.02 Å². The van der Waals surface area contributed by atoms with Crippen LogP contribution in [0.15, 0.2) is 29.8 Å². The van der Waals surface area contributed by atoms with E-state index in [4.69, 9.17) is 16.3 Å². The molecular formula is C15H22ClNO. The van der Waals surface area contributed by atoms with E-state index in [1.807, 2.05) is 18.2 Å². The molecular weight excluding hydrogens is 246 g/mol. The molecule has 0 atom stereocenters. The molecule has 0 spiro atoms. The van der Waals surface area contributed by atoms with Crippen LogP contribution < -0.4 is 10.1 Å². The number of ether oxygens (including phenoxy) is 1. The Kier molecular flexibility index (Phi) is 6.23. The fourth-order valence-corrected chi connectivity index (χ4v) is 1.68. The van der Waals surface area contributed by atoms with Crippen molar-refractivity contribution in [2.24, 2.45) is 0 Å². The maximum atomic E-state index is 6.22. The molecule has 1 aromatic rings. The van der Waals surface area contributed by atoms with Gasteiger partial charge in [0.1, 0.15) is 12.4 Å². The van der Waals surface area contributed by atoms with E-state index in [0.717, 1.165) is 22.9 Å². The molecule has 0 radical (unpaired) electrons. The molecule has 0 bridgehead atoms. The van der Waals surface area contributed by atoms with Crippen LogP contribution in [0.25, 0.3) is 0 Å². The molecule has 0 saturated carbocycles. The standard InChI is InChI=1S/C15H22ClNO/c1-11(2)8-9-18-15-7-5-6-14(16)13(15)10-17-12(3)4/h5-8,12,17H,9-10H2,1-4H3. The minimum atomic E-state index is 0.423. The molecule has 0 aliphatic carbocycles. The highest BCUT2D eigenvalue weighted by Gasteiger charge is 2.08. The van der Waals surface area contributed by atoms with Crippen molar-refractivity contribution < 1.29 is 4.74 Å². The zero-order valence-corrected chi connectivity index (χ0v) is 12.3. The number of halogens is 1. The van der Waals surface area contributed by atoms with Crippen molar-refractivity contribution in [3.05, 3.63) is 40.4 Å². The zero-order valence-electron chi connectivity index (χ0n) is 11.6. The fraction of sp³-hybridized carbons (Fsp3) is 0.467. The molecule has 1 rings (SSSR count). The lowest BCUT2D eigenvalue weighted by Gasteiger charge is -2.14. The number of benzene rings is 1. The summed E-state index contributed by atoms with van der Waals surface area (Å²) in [5, 5.41) is 4.11. The smallest absolute Gasteiger partial charge is 0.125 e. The van der Waals surface area contributed by atoms with Crippen LogP contribution in [0.3, 0.4) is 0 Å². The van der Waals surface area contributed by atoms with Crippen LogP contribution in [0.1, 0.15) is 33.3 Å². The second kappa shape index (κ2) is 7.45. The highest BCUT2D eigenvalue weighted by molar-refractivity contribution is 6.31. The summed E-state index contributed by atoms with van der Waals surface area (Å²) in [6.07, 6.45) is 2.06. The lowest BCUT2D eigenvalue weighted by molar-refractivity contribution is 0.356. The Labute approximate surface area is 115 Å². The zero-order chi connectivity index (χ0) is 13.5. The number of nitrogens with one attached hydrogen (secondary N) is 1. The summed E-state index contributed by atoms with van der Waals surface area (Å²) in [7, 11) is 0. The lowest BCUT2D eigenvalue weighted by atomic mass is 10.2. The first kappa shape index (κ1) is 15.1. The Balaban J connectivity index is 2.76. The Morgan fingerprint density at radius 2 is 2.11 bits per heavy atom. The monoisotopic (exact) mass is 267 g/mol. The van der Waals surface area contributed by atoms with E-state index < -0.39 is 0 Å². The van der Waals surface area contributed by atoms with Crippen molar-refractivity contribution in [1.29, 1.82) is 0 Å². The van der Waals surface area contributed by atoms with Crippen molar-refractivity contribution in [3.63, 3.8) is 0 Å². The summed E-state index contributed by atoms with van der Waals surface area (Å²) < 4.78 is 5.76. The first-order valence-electron chi connectivity index (χ1n) is 6.27. The van der Waals surface area contributed by atoms with Gasteiger partial charge in [-0.05, 0) is 32.1 Å². The maximum absolute atomic E-state index is 6.22. The first-order chi connectivity index (χ1) is 8.50. The molecule has 0 aliphatic heterocycles. The van der Waals surface area contributed by atoms with Crippen molar-refractivity contribution >= 4 is 11.6 Å². The Morgan fingerprint density at radius 3 is 2.72 bits per heavy atom. The summed E-state index contributed by atoms with van der Waals surface area (Å²) in [4.78, 5) is 0. The third-order valence-corrected chi connectivity index (χ3v) is 2.85. The molecule has 0 fully saturated rings. The van der Waals surface area contributed by atoms with E-state index in [1.165, 1.54) is 5.57 Å². The van der Waals surface area contributed by atoms with Crippen LogP contribution in [0.5, 0.6) is 5.75 Å². The first-order valence-corrected chi connectivity index (χ1v) is 6.65. The van der Waals surface area contributed by atoms with Crippen LogP contribution >= 0.6 is 11.6 Å². The molecule has 0 unspecified atom stereocenters. The van der Waals surface area contributed by atoms with Gasteiger partial charge in [0.05, 0.1) is 0 Å². The highest BCUT2D eigenvalue weighted by Crippen LogP contribution is 2.26. The molecule has 1 aromatic carbocycles. The Bertz CT molecular complexity index is 409. The predicted molar refractivity (Wildman–Crippen MR) is 78.4 cm³/mol. The van der Waals surface area contributed by atoms with E-state index in [9.17, 15) is 0 Å². The maximum Gasteiger partial charge on any atom is 0.125 e. The number of hydrogen-bond donors (Lipinski definition) is 1. The van der Waals surface area contributed by atoms with Gasteiger partial charge in [0.2, 0.25) is 0 Å². The van der Waals surface area contributed by atoms with E-state index in [0.29, 0.717) is 12.6 Å². The van der Waals surface area contributed by atoms with Gasteiger partial charge in [-0.15, -0.1) is 0 Å². The van der Waals surface area contributed by atoms with Crippen LogP contribution in [-0.4, -0.2) is 12.6 Å². The molecule has 18 heavy (non-hydrogen) atoms. The summed E-state index contributed by atoms with van der Waals surface area (Å²) in [5.74, 6) is 0.855. The second-order valence-electron chi connectivity index (χ2n) is 4.84.